The number of amides is 1. The van der Waals surface area contributed by atoms with Crippen LogP contribution in [0.15, 0.2) is 29.1 Å². The van der Waals surface area contributed by atoms with Crippen molar-refractivity contribution in [3.05, 3.63) is 40.3 Å². The van der Waals surface area contributed by atoms with Crippen LogP contribution in [0.1, 0.15) is 16.9 Å². The number of carbonyl (C=O) groups is 2. The fourth-order valence-electron chi connectivity index (χ4n) is 3.03. The molecule has 0 saturated carbocycles. The van der Waals surface area contributed by atoms with Crippen LogP contribution in [0.4, 0.5) is 0 Å². The van der Waals surface area contributed by atoms with Crippen LogP contribution in [0.5, 0.6) is 0 Å². The molecule has 27 heavy (non-hydrogen) atoms. The summed E-state index contributed by atoms with van der Waals surface area (Å²) in [6.07, 6.45) is 0.367. The second kappa shape index (κ2) is 7.10. The number of fused-ring (bicyclic) bond motifs is 1. The van der Waals surface area contributed by atoms with Crippen molar-refractivity contribution in [2.24, 2.45) is 7.05 Å². The molecule has 2 heterocycles. The number of likely N-dealkylation sites (N-methyl/N-ethyl adjacent to an activating group) is 1. The summed E-state index contributed by atoms with van der Waals surface area (Å²) in [6.45, 7) is -0.537. The molecule has 1 amide bonds. The van der Waals surface area contributed by atoms with Gasteiger partial charge in [-0.25, -0.2) is 17.9 Å². The van der Waals surface area contributed by atoms with E-state index in [1.54, 1.807) is 24.3 Å². The predicted octanol–water partition coefficient (Wildman–Crippen LogP) is -0.264. The van der Waals surface area contributed by atoms with Crippen LogP contribution in [0.3, 0.4) is 0 Å². The second-order valence-electron chi connectivity index (χ2n) is 6.46. The fourth-order valence-corrected chi connectivity index (χ4v) is 4.81. The number of hydrogen-bond acceptors (Lipinski definition) is 7. The minimum absolute atomic E-state index is 0.0447. The summed E-state index contributed by atoms with van der Waals surface area (Å²) in [7, 11) is -0.216. The van der Waals surface area contributed by atoms with E-state index in [-0.39, 0.29) is 22.8 Å². The summed E-state index contributed by atoms with van der Waals surface area (Å²) >= 11 is 0. The van der Waals surface area contributed by atoms with E-state index < -0.39 is 34.4 Å². The summed E-state index contributed by atoms with van der Waals surface area (Å²) in [5.41, 5.74) is -0.410. The molecular weight excluding hydrogens is 374 g/mol. The van der Waals surface area contributed by atoms with E-state index >= 15 is 0 Å². The molecule has 0 N–H and O–H groups in total. The van der Waals surface area contributed by atoms with Crippen molar-refractivity contribution in [3.63, 3.8) is 0 Å². The van der Waals surface area contributed by atoms with Gasteiger partial charge in [0.2, 0.25) is 0 Å². The molecule has 144 valence electrons. The third kappa shape index (κ3) is 3.85. The molecule has 1 saturated heterocycles. The van der Waals surface area contributed by atoms with E-state index in [0.717, 1.165) is 4.68 Å². The van der Waals surface area contributed by atoms with Gasteiger partial charge < -0.3 is 9.64 Å². The maximum atomic E-state index is 12.4. The molecule has 1 aliphatic heterocycles. The van der Waals surface area contributed by atoms with Crippen molar-refractivity contribution in [3.8, 4) is 0 Å². The first-order chi connectivity index (χ1) is 12.7. The minimum Gasteiger partial charge on any atom is -0.451 e. The Balaban J connectivity index is 1.73. The highest BCUT2D eigenvalue weighted by Gasteiger charge is 2.33. The van der Waals surface area contributed by atoms with Gasteiger partial charge in [-0.15, -0.1) is 0 Å². The fraction of sp³-hybridized carbons (Fsp3) is 0.412. The molecule has 9 nitrogen and oxygen atoms in total. The van der Waals surface area contributed by atoms with Gasteiger partial charge >= 0.3 is 5.97 Å². The summed E-state index contributed by atoms with van der Waals surface area (Å²) in [4.78, 5) is 38.0. The summed E-state index contributed by atoms with van der Waals surface area (Å²) < 4.78 is 29.2. The molecule has 1 aliphatic rings. The van der Waals surface area contributed by atoms with Crippen LogP contribution < -0.4 is 5.56 Å². The number of hydrogen-bond donors (Lipinski definition) is 0. The van der Waals surface area contributed by atoms with Crippen molar-refractivity contribution in [1.82, 2.24) is 14.7 Å². The average Bonchev–Trinajstić information content (AvgIpc) is 3.01. The monoisotopic (exact) mass is 393 g/mol. The zero-order valence-corrected chi connectivity index (χ0v) is 15.7. The summed E-state index contributed by atoms with van der Waals surface area (Å²) in [5, 5.41) is 4.61. The van der Waals surface area contributed by atoms with Crippen LogP contribution >= 0.6 is 0 Å². The Morgan fingerprint density at radius 2 is 1.96 bits per heavy atom. The first-order valence-corrected chi connectivity index (χ1v) is 10.1. The van der Waals surface area contributed by atoms with Crippen LogP contribution in [-0.4, -0.2) is 66.2 Å². The van der Waals surface area contributed by atoms with E-state index in [1.165, 1.54) is 19.0 Å². The van der Waals surface area contributed by atoms with E-state index in [1.807, 2.05) is 0 Å². The Morgan fingerprint density at radius 3 is 2.59 bits per heavy atom. The van der Waals surface area contributed by atoms with Gasteiger partial charge in [0.1, 0.15) is 0 Å². The highest BCUT2D eigenvalue weighted by molar-refractivity contribution is 7.91. The van der Waals surface area contributed by atoms with Crippen LogP contribution in [-0.2, 0) is 26.4 Å². The normalized spacial score (nSPS) is 18.4. The smallest absolute Gasteiger partial charge is 0.359 e. The Morgan fingerprint density at radius 1 is 1.30 bits per heavy atom. The lowest BCUT2D eigenvalue weighted by Crippen LogP contribution is -2.40. The Kier molecular flexibility index (Phi) is 5.01. The lowest BCUT2D eigenvalue weighted by Gasteiger charge is -2.23. The lowest BCUT2D eigenvalue weighted by atomic mass is 10.1. The van der Waals surface area contributed by atoms with Gasteiger partial charge in [0.05, 0.1) is 16.9 Å². The Labute approximate surface area is 155 Å². The van der Waals surface area contributed by atoms with E-state index in [2.05, 4.69) is 5.10 Å². The molecule has 0 spiro atoms. The number of rotatable bonds is 4. The number of sulfone groups is 1. The number of benzene rings is 1. The third-order valence-corrected chi connectivity index (χ3v) is 6.38. The van der Waals surface area contributed by atoms with Crippen LogP contribution in [0.2, 0.25) is 0 Å². The first kappa shape index (κ1) is 19.0. The number of ether oxygens (including phenoxy) is 1. The van der Waals surface area contributed by atoms with E-state index in [4.69, 9.17) is 4.74 Å². The topological polar surface area (TPSA) is 116 Å². The third-order valence-electron chi connectivity index (χ3n) is 4.63. The van der Waals surface area contributed by atoms with Crippen molar-refractivity contribution in [2.75, 3.05) is 25.2 Å². The van der Waals surface area contributed by atoms with Crippen molar-refractivity contribution in [1.29, 1.82) is 0 Å². The average molecular weight is 393 g/mol. The van der Waals surface area contributed by atoms with Gasteiger partial charge in [-0.05, 0) is 12.5 Å². The number of aromatic nitrogens is 2. The van der Waals surface area contributed by atoms with Gasteiger partial charge in [-0.3, -0.25) is 9.59 Å². The lowest BCUT2D eigenvalue weighted by molar-refractivity contribution is -0.134. The van der Waals surface area contributed by atoms with Crippen molar-refractivity contribution < 1.29 is 22.7 Å². The Bertz CT molecular complexity index is 1080. The number of nitrogens with zero attached hydrogens (tertiary/aromatic N) is 3. The van der Waals surface area contributed by atoms with Crippen LogP contribution in [0, 0.1) is 0 Å². The van der Waals surface area contributed by atoms with Gasteiger partial charge in [0.25, 0.3) is 11.5 Å². The minimum atomic E-state index is -3.13. The van der Waals surface area contributed by atoms with Gasteiger partial charge in [-0.1, -0.05) is 18.2 Å². The van der Waals surface area contributed by atoms with Crippen molar-refractivity contribution >= 4 is 32.5 Å². The molecule has 0 unspecified atom stereocenters. The Hall–Kier alpha value is -2.75. The molecule has 1 atom stereocenters. The van der Waals surface area contributed by atoms with Crippen molar-refractivity contribution in [2.45, 2.75) is 12.5 Å². The van der Waals surface area contributed by atoms with Gasteiger partial charge in [0, 0.05) is 25.5 Å². The molecule has 2 aromatic rings. The number of esters is 1. The zero-order chi connectivity index (χ0) is 19.8. The largest absolute Gasteiger partial charge is 0.451 e. The zero-order valence-electron chi connectivity index (χ0n) is 14.9. The maximum Gasteiger partial charge on any atom is 0.359 e. The SMILES string of the molecule is CN(C(=O)COC(=O)c1nn(C)c(=O)c2ccccc12)[C@@H]1CCS(=O)(=O)C1. The summed E-state index contributed by atoms with van der Waals surface area (Å²) in [5.74, 6) is -1.37. The number of carbonyl (C=O) groups excluding carboxylic acids is 2. The molecule has 1 aromatic carbocycles. The van der Waals surface area contributed by atoms with E-state index in [0.29, 0.717) is 17.2 Å². The molecule has 3 rings (SSSR count). The standard InChI is InChI=1S/C17H19N3O6S/c1-19(11-7-8-27(24,25)10-11)14(21)9-26-17(23)15-12-5-3-4-6-13(12)16(22)20(2)18-15/h3-6,11H,7-10H2,1-2H3/t11-/m1/s1. The second-order valence-corrected chi connectivity index (χ2v) is 8.69. The highest BCUT2D eigenvalue weighted by atomic mass is 32.2. The molecule has 10 heteroatoms. The molecule has 0 bridgehead atoms. The molecule has 0 radical (unpaired) electrons. The van der Waals surface area contributed by atoms with E-state index in [9.17, 15) is 22.8 Å². The highest BCUT2D eigenvalue weighted by Crippen LogP contribution is 2.17. The molecule has 1 fully saturated rings. The van der Waals surface area contributed by atoms with Gasteiger partial charge in [-0.2, -0.15) is 5.10 Å². The quantitative estimate of drug-likeness (QED) is 0.657. The molecule has 0 aliphatic carbocycles. The molecular formula is C17H19N3O6S. The van der Waals surface area contributed by atoms with Gasteiger partial charge in [0.15, 0.2) is 22.1 Å². The summed E-state index contributed by atoms with van der Waals surface area (Å²) in [6, 6.07) is 6.08. The first-order valence-electron chi connectivity index (χ1n) is 8.29. The molecule has 1 aromatic heterocycles. The maximum absolute atomic E-state index is 12.4. The predicted molar refractivity (Wildman–Crippen MR) is 97.1 cm³/mol. The number of aryl methyl sites for hydroxylation is 1. The van der Waals surface area contributed by atoms with Crippen LogP contribution in [0.25, 0.3) is 10.8 Å².